The predicted molar refractivity (Wildman–Crippen MR) is 44.8 cm³/mol. The first-order valence-corrected chi connectivity index (χ1v) is 4.17. The fourth-order valence-electron chi connectivity index (χ4n) is 0.931. The molecule has 1 heteroatoms. The molecule has 0 fully saturated rings. The van der Waals surface area contributed by atoms with Crippen molar-refractivity contribution in [2.24, 2.45) is 0 Å². The first kappa shape index (κ1) is 9.49. The first-order chi connectivity index (χ1) is 4.81. The van der Waals surface area contributed by atoms with Crippen molar-refractivity contribution in [1.29, 1.82) is 0 Å². The van der Waals surface area contributed by atoms with Crippen LogP contribution in [0, 0.1) is 6.57 Å². The van der Waals surface area contributed by atoms with Gasteiger partial charge in [-0.15, -0.1) is 0 Å². The molecule has 0 aromatic carbocycles. The topological polar surface area (TPSA) is 4.36 Å². The van der Waals surface area contributed by atoms with E-state index < -0.39 is 0 Å². The van der Waals surface area contributed by atoms with Gasteiger partial charge in [0, 0.05) is 13.3 Å². The Bertz CT molecular complexity index is 102. The van der Waals surface area contributed by atoms with Gasteiger partial charge in [-0.1, -0.05) is 26.2 Å². The van der Waals surface area contributed by atoms with E-state index in [1.165, 1.54) is 25.7 Å². The fraction of sp³-hybridized carbons (Fsp3) is 0.889. The maximum Gasteiger partial charge on any atom is 0.221 e. The second-order valence-corrected chi connectivity index (χ2v) is 2.83. The highest BCUT2D eigenvalue weighted by molar-refractivity contribution is 4.71. The van der Waals surface area contributed by atoms with E-state index in [9.17, 15) is 0 Å². The van der Waals surface area contributed by atoms with E-state index in [4.69, 9.17) is 6.57 Å². The van der Waals surface area contributed by atoms with Crippen LogP contribution in [0.1, 0.15) is 46.0 Å². The highest BCUT2D eigenvalue weighted by Gasteiger charge is 2.01. The van der Waals surface area contributed by atoms with Crippen molar-refractivity contribution in [2.75, 3.05) is 0 Å². The Kier molecular flexibility index (Phi) is 6.27. The Morgan fingerprint density at radius 2 is 2.00 bits per heavy atom. The molecule has 0 aromatic heterocycles. The molecular formula is C9H17N. The van der Waals surface area contributed by atoms with Crippen molar-refractivity contribution in [3.63, 3.8) is 0 Å². The Hall–Kier alpha value is -0.510. The SMILES string of the molecule is [C-]#[N+][C@@H](C)CCCCCC. The molecule has 0 heterocycles. The van der Waals surface area contributed by atoms with Crippen molar-refractivity contribution >= 4 is 0 Å². The Labute approximate surface area is 64.3 Å². The van der Waals surface area contributed by atoms with Crippen LogP contribution in [0.15, 0.2) is 0 Å². The molecule has 0 amide bonds. The zero-order chi connectivity index (χ0) is 7.82. The van der Waals surface area contributed by atoms with Crippen molar-refractivity contribution in [2.45, 2.75) is 52.0 Å². The van der Waals surface area contributed by atoms with Gasteiger partial charge in [-0.3, -0.25) is 0 Å². The molecule has 10 heavy (non-hydrogen) atoms. The number of hydrogen-bond acceptors (Lipinski definition) is 0. The molecule has 0 spiro atoms. The minimum absolute atomic E-state index is 0.247. The third-order valence-electron chi connectivity index (χ3n) is 1.70. The maximum absolute atomic E-state index is 6.71. The fourth-order valence-corrected chi connectivity index (χ4v) is 0.931. The first-order valence-electron chi connectivity index (χ1n) is 4.17. The smallest absolute Gasteiger partial charge is 0.221 e. The second kappa shape index (κ2) is 6.61. The maximum atomic E-state index is 6.71. The average Bonchev–Trinajstić information content (AvgIpc) is 1.98. The number of nitrogens with zero attached hydrogens (tertiary/aromatic N) is 1. The molecule has 0 aliphatic heterocycles. The molecular weight excluding hydrogens is 122 g/mol. The van der Waals surface area contributed by atoms with E-state index >= 15 is 0 Å². The number of rotatable bonds is 5. The average molecular weight is 139 g/mol. The van der Waals surface area contributed by atoms with Gasteiger partial charge in [0.25, 0.3) is 0 Å². The van der Waals surface area contributed by atoms with E-state index in [1.54, 1.807) is 0 Å². The molecule has 58 valence electrons. The van der Waals surface area contributed by atoms with Gasteiger partial charge in [-0.25, -0.2) is 6.57 Å². The van der Waals surface area contributed by atoms with E-state index in [2.05, 4.69) is 11.8 Å². The molecule has 0 saturated heterocycles. The third kappa shape index (κ3) is 5.62. The van der Waals surface area contributed by atoms with Gasteiger partial charge >= 0.3 is 0 Å². The van der Waals surface area contributed by atoms with Crippen LogP contribution in [0.2, 0.25) is 0 Å². The van der Waals surface area contributed by atoms with Gasteiger partial charge in [0.15, 0.2) is 0 Å². The summed E-state index contributed by atoms with van der Waals surface area (Å²) < 4.78 is 0. The molecule has 0 radical (unpaired) electrons. The summed E-state index contributed by atoms with van der Waals surface area (Å²) in [5.74, 6) is 0. The van der Waals surface area contributed by atoms with Gasteiger partial charge in [0.05, 0.1) is 0 Å². The van der Waals surface area contributed by atoms with Crippen LogP contribution < -0.4 is 0 Å². The minimum atomic E-state index is 0.247. The standard InChI is InChI=1S/C9H17N/c1-4-5-6-7-8-9(2)10-3/h9H,4-8H2,1-2H3/t9-/m0/s1. The van der Waals surface area contributed by atoms with E-state index in [0.717, 1.165) is 6.42 Å². The van der Waals surface area contributed by atoms with E-state index in [-0.39, 0.29) is 6.04 Å². The quantitative estimate of drug-likeness (QED) is 0.407. The summed E-state index contributed by atoms with van der Waals surface area (Å²) in [5.41, 5.74) is 0. The van der Waals surface area contributed by atoms with E-state index in [1.807, 2.05) is 6.92 Å². The zero-order valence-electron chi connectivity index (χ0n) is 7.06. The lowest BCUT2D eigenvalue weighted by Gasteiger charge is -1.97. The summed E-state index contributed by atoms with van der Waals surface area (Å²) in [6.07, 6.45) is 6.23. The molecule has 1 nitrogen and oxygen atoms in total. The van der Waals surface area contributed by atoms with Gasteiger partial charge in [-0.05, 0) is 6.42 Å². The van der Waals surface area contributed by atoms with Crippen molar-refractivity contribution < 1.29 is 0 Å². The molecule has 0 unspecified atom stereocenters. The summed E-state index contributed by atoms with van der Waals surface area (Å²) in [5, 5.41) is 0. The monoisotopic (exact) mass is 139 g/mol. The van der Waals surface area contributed by atoms with Crippen LogP contribution in [0.3, 0.4) is 0 Å². The van der Waals surface area contributed by atoms with Crippen LogP contribution >= 0.6 is 0 Å². The molecule has 0 aromatic rings. The molecule has 1 atom stereocenters. The predicted octanol–water partition coefficient (Wildman–Crippen LogP) is 3.26. The Morgan fingerprint density at radius 3 is 2.50 bits per heavy atom. The highest BCUT2D eigenvalue weighted by Crippen LogP contribution is 2.06. The Morgan fingerprint density at radius 1 is 1.30 bits per heavy atom. The van der Waals surface area contributed by atoms with Crippen molar-refractivity contribution in [1.82, 2.24) is 0 Å². The largest absolute Gasteiger partial charge is 0.314 e. The summed E-state index contributed by atoms with van der Waals surface area (Å²) >= 11 is 0. The second-order valence-electron chi connectivity index (χ2n) is 2.83. The molecule has 0 saturated carbocycles. The van der Waals surface area contributed by atoms with Crippen LogP contribution in [0.4, 0.5) is 0 Å². The molecule has 0 N–H and O–H groups in total. The summed E-state index contributed by atoms with van der Waals surface area (Å²) in [4.78, 5) is 3.44. The zero-order valence-corrected chi connectivity index (χ0v) is 7.06. The van der Waals surface area contributed by atoms with Crippen LogP contribution in [-0.4, -0.2) is 6.04 Å². The molecule has 0 rings (SSSR count). The van der Waals surface area contributed by atoms with E-state index in [0.29, 0.717) is 0 Å². The minimum Gasteiger partial charge on any atom is -0.314 e. The lowest BCUT2D eigenvalue weighted by Crippen LogP contribution is -1.93. The van der Waals surface area contributed by atoms with Crippen molar-refractivity contribution in [3.05, 3.63) is 11.4 Å². The van der Waals surface area contributed by atoms with Gasteiger partial charge < -0.3 is 4.85 Å². The number of hydrogen-bond donors (Lipinski definition) is 0. The summed E-state index contributed by atoms with van der Waals surface area (Å²) in [7, 11) is 0. The summed E-state index contributed by atoms with van der Waals surface area (Å²) in [6, 6.07) is 0.247. The highest BCUT2D eigenvalue weighted by atomic mass is 14.7. The summed E-state index contributed by atoms with van der Waals surface area (Å²) in [6.45, 7) is 10.9. The normalized spacial score (nSPS) is 12.5. The number of unbranched alkanes of at least 4 members (excludes halogenated alkanes) is 3. The van der Waals surface area contributed by atoms with Crippen LogP contribution in [0.5, 0.6) is 0 Å². The lowest BCUT2D eigenvalue weighted by atomic mass is 10.1. The lowest BCUT2D eigenvalue weighted by molar-refractivity contribution is 0.608. The van der Waals surface area contributed by atoms with Gasteiger partial charge in [0.2, 0.25) is 6.04 Å². The molecule has 0 bridgehead atoms. The molecule has 0 aliphatic carbocycles. The van der Waals surface area contributed by atoms with Crippen molar-refractivity contribution in [3.8, 4) is 0 Å². The molecule has 0 aliphatic rings. The third-order valence-corrected chi connectivity index (χ3v) is 1.70. The van der Waals surface area contributed by atoms with Crippen LogP contribution in [-0.2, 0) is 0 Å². The van der Waals surface area contributed by atoms with Gasteiger partial charge in [-0.2, -0.15) is 0 Å². The van der Waals surface area contributed by atoms with Crippen LogP contribution in [0.25, 0.3) is 4.85 Å². The Balaban J connectivity index is 2.98. The van der Waals surface area contributed by atoms with Gasteiger partial charge in [0.1, 0.15) is 0 Å².